The topological polar surface area (TPSA) is 48.0 Å². The van der Waals surface area contributed by atoms with Gasteiger partial charge in [0.25, 0.3) is 0 Å². The number of alkyl halides is 3. The molecule has 0 N–H and O–H groups in total. The first-order chi connectivity index (χ1) is 14.8. The van der Waals surface area contributed by atoms with Crippen molar-refractivity contribution in [3.8, 4) is 17.2 Å². The summed E-state index contributed by atoms with van der Waals surface area (Å²) in [6.07, 6.45) is -3.04. The first kappa shape index (κ1) is 22.9. The fourth-order valence-electron chi connectivity index (χ4n) is 4.03. The monoisotopic (exact) mass is 437 g/mol. The molecule has 0 aliphatic carbocycles. The summed E-state index contributed by atoms with van der Waals surface area (Å²) in [5.41, 5.74) is 0.179. The average Bonchev–Trinajstić information content (AvgIpc) is 2.77. The van der Waals surface area contributed by atoms with Crippen molar-refractivity contribution in [3.05, 3.63) is 53.1 Å². The molecule has 0 bridgehead atoms. The number of hydrogen-bond acceptors (Lipinski definition) is 5. The summed E-state index contributed by atoms with van der Waals surface area (Å²) in [6, 6.07) is 8.34. The second-order valence-corrected chi connectivity index (χ2v) is 7.51. The number of benzene rings is 2. The summed E-state index contributed by atoms with van der Waals surface area (Å²) in [6.45, 7) is 1.77. The molecule has 31 heavy (non-hydrogen) atoms. The number of likely N-dealkylation sites (tertiary alicyclic amines) is 1. The fraction of sp³-hybridized carbons (Fsp3) is 0.435. The van der Waals surface area contributed by atoms with E-state index in [0.717, 1.165) is 30.7 Å². The summed E-state index contributed by atoms with van der Waals surface area (Å²) < 4.78 is 55.3. The van der Waals surface area contributed by atoms with E-state index in [4.69, 9.17) is 14.2 Å². The molecule has 2 aromatic carbocycles. The molecule has 0 unspecified atom stereocenters. The third kappa shape index (κ3) is 5.12. The van der Waals surface area contributed by atoms with Gasteiger partial charge in [0, 0.05) is 30.1 Å². The maximum absolute atomic E-state index is 13.0. The lowest BCUT2D eigenvalue weighted by Gasteiger charge is -2.32. The molecule has 1 saturated heterocycles. The highest BCUT2D eigenvalue weighted by atomic mass is 19.4. The summed E-state index contributed by atoms with van der Waals surface area (Å²) in [5, 5.41) is 0. The lowest BCUT2D eigenvalue weighted by atomic mass is 9.89. The van der Waals surface area contributed by atoms with Crippen LogP contribution in [-0.2, 0) is 12.7 Å². The van der Waals surface area contributed by atoms with Crippen LogP contribution in [0, 0.1) is 5.92 Å². The van der Waals surface area contributed by atoms with Gasteiger partial charge in [0.15, 0.2) is 17.3 Å². The van der Waals surface area contributed by atoms with Crippen LogP contribution >= 0.6 is 0 Å². The normalized spacial score (nSPS) is 17.3. The smallest absolute Gasteiger partial charge is 0.416 e. The van der Waals surface area contributed by atoms with Crippen LogP contribution in [-0.4, -0.2) is 45.1 Å². The van der Waals surface area contributed by atoms with Gasteiger partial charge in [-0.05, 0) is 37.6 Å². The molecule has 2 aromatic rings. The summed E-state index contributed by atoms with van der Waals surface area (Å²) in [7, 11) is 4.64. The minimum Gasteiger partial charge on any atom is -0.493 e. The van der Waals surface area contributed by atoms with Crippen molar-refractivity contribution in [2.24, 2.45) is 5.92 Å². The number of hydrogen-bond donors (Lipinski definition) is 0. The third-order valence-electron chi connectivity index (χ3n) is 5.53. The molecule has 0 amide bonds. The number of halogens is 3. The second kappa shape index (κ2) is 9.60. The maximum Gasteiger partial charge on any atom is 0.416 e. The Hall–Kier alpha value is -2.74. The Kier molecular flexibility index (Phi) is 7.10. The van der Waals surface area contributed by atoms with Crippen molar-refractivity contribution in [3.63, 3.8) is 0 Å². The minimum atomic E-state index is -4.47. The van der Waals surface area contributed by atoms with E-state index in [0.29, 0.717) is 36.8 Å². The first-order valence-corrected chi connectivity index (χ1v) is 10.00. The standard InChI is InChI=1S/C23H26F3NO4/c1-29-19-10-9-17(21(30-2)22(19)31-3)14-27-11-5-7-16(13-27)20(28)15-6-4-8-18(12-15)23(24,25)26/h4,6,8-10,12,16H,5,7,11,13-14H2,1-3H3/t16-/m1/s1. The summed E-state index contributed by atoms with van der Waals surface area (Å²) in [5.74, 6) is 1.00. The molecule has 0 aromatic heterocycles. The van der Waals surface area contributed by atoms with E-state index >= 15 is 0 Å². The van der Waals surface area contributed by atoms with Gasteiger partial charge in [-0.25, -0.2) is 0 Å². The summed E-state index contributed by atoms with van der Waals surface area (Å²) >= 11 is 0. The van der Waals surface area contributed by atoms with E-state index in [1.165, 1.54) is 19.2 Å². The van der Waals surface area contributed by atoms with Crippen LogP contribution in [0.15, 0.2) is 36.4 Å². The third-order valence-corrected chi connectivity index (χ3v) is 5.53. The first-order valence-electron chi connectivity index (χ1n) is 10.00. The van der Waals surface area contributed by atoms with Crippen molar-refractivity contribution in [2.75, 3.05) is 34.4 Å². The minimum absolute atomic E-state index is 0.102. The Morgan fingerprint density at radius 1 is 1.06 bits per heavy atom. The molecule has 0 radical (unpaired) electrons. The van der Waals surface area contributed by atoms with Gasteiger partial charge in [0.2, 0.25) is 5.75 Å². The van der Waals surface area contributed by atoms with Crippen LogP contribution in [0.3, 0.4) is 0 Å². The van der Waals surface area contributed by atoms with Gasteiger partial charge in [-0.3, -0.25) is 9.69 Å². The number of piperidine rings is 1. The largest absolute Gasteiger partial charge is 0.493 e. The predicted molar refractivity (Wildman–Crippen MR) is 110 cm³/mol. The highest BCUT2D eigenvalue weighted by molar-refractivity contribution is 5.98. The zero-order valence-corrected chi connectivity index (χ0v) is 17.8. The highest BCUT2D eigenvalue weighted by Gasteiger charge is 2.32. The number of Topliss-reactive ketones (excluding diaryl/α,β-unsaturated/α-hetero) is 1. The van der Waals surface area contributed by atoms with Crippen LogP contribution in [0.1, 0.15) is 34.3 Å². The SMILES string of the molecule is COc1ccc(CN2CCC[C@@H](C(=O)c3cccc(C(F)(F)F)c3)C2)c(OC)c1OC. The van der Waals surface area contributed by atoms with Gasteiger partial charge in [-0.2, -0.15) is 13.2 Å². The van der Waals surface area contributed by atoms with Crippen LogP contribution < -0.4 is 14.2 Å². The Labute approximate surface area is 179 Å². The van der Waals surface area contributed by atoms with Gasteiger partial charge in [0.05, 0.1) is 26.9 Å². The van der Waals surface area contributed by atoms with Gasteiger partial charge < -0.3 is 14.2 Å². The van der Waals surface area contributed by atoms with Crippen molar-refractivity contribution in [1.82, 2.24) is 4.90 Å². The lowest BCUT2D eigenvalue weighted by molar-refractivity contribution is -0.137. The number of carbonyl (C=O) groups excluding carboxylic acids is 1. The van der Waals surface area contributed by atoms with Gasteiger partial charge in [0.1, 0.15) is 0 Å². The van der Waals surface area contributed by atoms with Crippen molar-refractivity contribution >= 4 is 5.78 Å². The molecule has 1 fully saturated rings. The van der Waals surface area contributed by atoms with Gasteiger partial charge in [-0.15, -0.1) is 0 Å². The van der Waals surface area contributed by atoms with E-state index < -0.39 is 11.7 Å². The van der Waals surface area contributed by atoms with Gasteiger partial charge >= 0.3 is 6.18 Å². The van der Waals surface area contributed by atoms with Crippen molar-refractivity contribution < 1.29 is 32.2 Å². The quantitative estimate of drug-likeness (QED) is 0.581. The van der Waals surface area contributed by atoms with E-state index in [1.807, 2.05) is 6.07 Å². The molecule has 168 valence electrons. The number of ether oxygens (including phenoxy) is 3. The highest BCUT2D eigenvalue weighted by Crippen LogP contribution is 2.40. The number of nitrogens with zero attached hydrogens (tertiary/aromatic N) is 1. The molecule has 8 heteroatoms. The molecule has 5 nitrogen and oxygen atoms in total. The molecule has 0 spiro atoms. The average molecular weight is 437 g/mol. The molecule has 0 saturated carbocycles. The van der Waals surface area contributed by atoms with E-state index in [-0.39, 0.29) is 17.3 Å². The molecule has 1 aliphatic rings. The molecular formula is C23H26F3NO4. The Morgan fingerprint density at radius 3 is 2.45 bits per heavy atom. The number of rotatable bonds is 7. The Bertz CT molecular complexity index is 930. The van der Waals surface area contributed by atoms with Crippen LogP contribution in [0.2, 0.25) is 0 Å². The van der Waals surface area contributed by atoms with Crippen molar-refractivity contribution in [2.45, 2.75) is 25.6 Å². The van der Waals surface area contributed by atoms with E-state index in [2.05, 4.69) is 4.90 Å². The van der Waals surface area contributed by atoms with Crippen molar-refractivity contribution in [1.29, 1.82) is 0 Å². The Balaban J connectivity index is 1.77. The van der Waals surface area contributed by atoms with Crippen LogP contribution in [0.5, 0.6) is 17.2 Å². The maximum atomic E-state index is 13.0. The zero-order valence-electron chi connectivity index (χ0n) is 17.8. The Morgan fingerprint density at radius 2 is 1.81 bits per heavy atom. The molecule has 1 heterocycles. The molecule has 1 aliphatic heterocycles. The van der Waals surface area contributed by atoms with Gasteiger partial charge in [-0.1, -0.05) is 18.2 Å². The van der Waals surface area contributed by atoms with Crippen LogP contribution in [0.25, 0.3) is 0 Å². The number of carbonyl (C=O) groups is 1. The molecular weight excluding hydrogens is 411 g/mol. The number of methoxy groups -OCH3 is 3. The zero-order chi connectivity index (χ0) is 22.6. The molecule has 1 atom stereocenters. The second-order valence-electron chi connectivity index (χ2n) is 7.51. The van der Waals surface area contributed by atoms with E-state index in [1.54, 1.807) is 20.3 Å². The van der Waals surface area contributed by atoms with Crippen LogP contribution in [0.4, 0.5) is 13.2 Å². The van der Waals surface area contributed by atoms with E-state index in [9.17, 15) is 18.0 Å². The summed E-state index contributed by atoms with van der Waals surface area (Å²) in [4.78, 5) is 15.0. The fourth-order valence-corrected chi connectivity index (χ4v) is 4.03. The molecule has 3 rings (SSSR count). The lowest BCUT2D eigenvalue weighted by Crippen LogP contribution is -2.38. The predicted octanol–water partition coefficient (Wildman–Crippen LogP) is 4.83. The number of ketones is 1.